The number of carboxylic acids is 1. The Kier molecular flexibility index (Phi) is 4.77. The minimum Gasteiger partial charge on any atom is -0.480 e. The minimum absolute atomic E-state index is 0.0392. The van der Waals surface area contributed by atoms with Crippen molar-refractivity contribution >= 4 is 28.0 Å². The van der Waals surface area contributed by atoms with Gasteiger partial charge in [0.15, 0.2) is 0 Å². The Balaban J connectivity index is 1.66. The van der Waals surface area contributed by atoms with E-state index in [1.54, 1.807) is 11.1 Å². The number of halogens is 1. The highest BCUT2D eigenvalue weighted by atomic mass is 79.9. The number of carboxylic acid groups (broad SMARTS) is 1. The van der Waals surface area contributed by atoms with Gasteiger partial charge in [0, 0.05) is 30.3 Å². The third-order valence-corrected chi connectivity index (χ3v) is 5.22. The standard InChI is InChI=1S/C18H23BrN2O5/c1-16(2,3)26-15(24)21-10-17(11-21)8-18(9-17,25-7-14(22)23)12-4-5-13(19)20-6-12/h4-6H,7-11H2,1-3H3,(H,22,23). The summed E-state index contributed by atoms with van der Waals surface area (Å²) in [6, 6.07) is 3.72. The van der Waals surface area contributed by atoms with Crippen LogP contribution in [-0.2, 0) is 19.9 Å². The quantitative estimate of drug-likeness (QED) is 0.743. The van der Waals surface area contributed by atoms with Crippen molar-refractivity contribution in [1.82, 2.24) is 9.88 Å². The van der Waals surface area contributed by atoms with Crippen molar-refractivity contribution in [3.8, 4) is 0 Å². The average Bonchev–Trinajstić information content (AvgIpc) is 2.43. The Labute approximate surface area is 160 Å². The van der Waals surface area contributed by atoms with Crippen LogP contribution in [0.2, 0.25) is 0 Å². The largest absolute Gasteiger partial charge is 0.480 e. The molecule has 1 aliphatic heterocycles. The highest BCUT2D eigenvalue weighted by molar-refractivity contribution is 9.10. The summed E-state index contributed by atoms with van der Waals surface area (Å²) in [4.78, 5) is 29.0. The van der Waals surface area contributed by atoms with Crippen molar-refractivity contribution in [3.63, 3.8) is 0 Å². The van der Waals surface area contributed by atoms with Crippen LogP contribution in [0.4, 0.5) is 4.79 Å². The normalized spacial score (nSPS) is 20.2. The number of amides is 1. The minimum atomic E-state index is -1.00. The van der Waals surface area contributed by atoms with E-state index < -0.39 is 17.2 Å². The van der Waals surface area contributed by atoms with Gasteiger partial charge in [-0.05, 0) is 55.6 Å². The maximum atomic E-state index is 12.1. The number of ether oxygens (including phenoxy) is 2. The lowest BCUT2D eigenvalue weighted by atomic mass is 9.53. The lowest BCUT2D eigenvalue weighted by Gasteiger charge is -2.63. The van der Waals surface area contributed by atoms with Crippen LogP contribution in [0.5, 0.6) is 0 Å². The van der Waals surface area contributed by atoms with Crippen LogP contribution in [-0.4, -0.2) is 52.4 Å². The van der Waals surface area contributed by atoms with E-state index in [-0.39, 0.29) is 18.1 Å². The number of aromatic nitrogens is 1. The summed E-state index contributed by atoms with van der Waals surface area (Å²) in [5.41, 5.74) is -0.353. The highest BCUT2D eigenvalue weighted by Gasteiger charge is 2.63. The Hall–Kier alpha value is -1.67. The van der Waals surface area contributed by atoms with Crippen molar-refractivity contribution in [2.75, 3.05) is 19.7 Å². The molecule has 7 nitrogen and oxygen atoms in total. The van der Waals surface area contributed by atoms with Crippen LogP contribution >= 0.6 is 15.9 Å². The molecule has 1 amide bonds. The van der Waals surface area contributed by atoms with Crippen LogP contribution in [0.25, 0.3) is 0 Å². The van der Waals surface area contributed by atoms with Crippen molar-refractivity contribution < 1.29 is 24.2 Å². The van der Waals surface area contributed by atoms with Gasteiger partial charge in [0.25, 0.3) is 0 Å². The highest BCUT2D eigenvalue weighted by Crippen LogP contribution is 2.60. The van der Waals surface area contributed by atoms with Crippen LogP contribution in [0.3, 0.4) is 0 Å². The summed E-state index contributed by atoms with van der Waals surface area (Å²) in [6.07, 6.45) is 2.73. The zero-order valence-corrected chi connectivity index (χ0v) is 16.7. The number of hydrogen-bond donors (Lipinski definition) is 1. The molecule has 0 atom stereocenters. The van der Waals surface area contributed by atoms with Gasteiger partial charge in [0.2, 0.25) is 0 Å². The number of nitrogens with zero attached hydrogens (tertiary/aromatic N) is 2. The molecule has 0 radical (unpaired) electrons. The van der Waals surface area contributed by atoms with E-state index in [0.717, 1.165) is 5.56 Å². The molecule has 1 aromatic heterocycles. The predicted octanol–water partition coefficient (Wildman–Crippen LogP) is 3.17. The van der Waals surface area contributed by atoms with Gasteiger partial charge in [-0.2, -0.15) is 0 Å². The topological polar surface area (TPSA) is 89.0 Å². The molecule has 1 N–H and O–H groups in total. The molecule has 142 valence electrons. The zero-order valence-electron chi connectivity index (χ0n) is 15.1. The fraction of sp³-hybridized carbons (Fsp3) is 0.611. The smallest absolute Gasteiger partial charge is 0.410 e. The van der Waals surface area contributed by atoms with Crippen molar-refractivity contribution in [3.05, 3.63) is 28.5 Å². The number of carbonyl (C=O) groups is 2. The molecule has 2 fully saturated rings. The summed E-state index contributed by atoms with van der Waals surface area (Å²) in [5.74, 6) is -1.00. The van der Waals surface area contributed by atoms with Gasteiger partial charge in [-0.3, -0.25) is 0 Å². The molecule has 0 bridgehead atoms. The molecule has 0 unspecified atom stereocenters. The number of pyridine rings is 1. The number of hydrogen-bond acceptors (Lipinski definition) is 5. The first kappa shape index (κ1) is 19.1. The molecule has 1 aromatic rings. The van der Waals surface area contributed by atoms with Gasteiger partial charge in [-0.25, -0.2) is 14.6 Å². The van der Waals surface area contributed by atoms with Gasteiger partial charge >= 0.3 is 12.1 Å². The number of carbonyl (C=O) groups excluding carboxylic acids is 1. The van der Waals surface area contributed by atoms with Gasteiger partial charge in [-0.15, -0.1) is 0 Å². The summed E-state index contributed by atoms with van der Waals surface area (Å²) in [5, 5.41) is 8.99. The van der Waals surface area contributed by atoms with Gasteiger partial charge in [-0.1, -0.05) is 6.07 Å². The van der Waals surface area contributed by atoms with Crippen LogP contribution in [0.15, 0.2) is 22.9 Å². The predicted molar refractivity (Wildman–Crippen MR) is 96.7 cm³/mol. The van der Waals surface area contributed by atoms with E-state index in [1.165, 1.54) is 0 Å². The molecule has 8 heteroatoms. The Morgan fingerprint density at radius 1 is 1.31 bits per heavy atom. The molecule has 1 aliphatic carbocycles. The fourth-order valence-electron chi connectivity index (χ4n) is 3.84. The summed E-state index contributed by atoms with van der Waals surface area (Å²) in [6.45, 7) is 6.37. The van der Waals surface area contributed by atoms with E-state index in [0.29, 0.717) is 30.5 Å². The molecule has 1 spiro atoms. The molecular weight excluding hydrogens is 404 g/mol. The molecule has 0 aromatic carbocycles. The van der Waals surface area contributed by atoms with Gasteiger partial charge < -0.3 is 19.5 Å². The second-order valence-electron chi connectivity index (χ2n) is 8.24. The summed E-state index contributed by atoms with van der Waals surface area (Å²) in [7, 11) is 0. The third kappa shape index (κ3) is 3.86. The molecule has 1 saturated heterocycles. The molecule has 1 saturated carbocycles. The fourth-order valence-corrected chi connectivity index (χ4v) is 4.07. The third-order valence-electron chi connectivity index (χ3n) is 4.75. The summed E-state index contributed by atoms with van der Waals surface area (Å²) >= 11 is 3.31. The first-order chi connectivity index (χ1) is 12.0. The van der Waals surface area contributed by atoms with Gasteiger partial charge in [0.1, 0.15) is 16.8 Å². The zero-order chi connectivity index (χ0) is 19.2. The number of rotatable bonds is 4. The van der Waals surface area contributed by atoms with Crippen LogP contribution in [0, 0.1) is 5.41 Å². The van der Waals surface area contributed by atoms with Crippen molar-refractivity contribution in [2.45, 2.75) is 44.8 Å². The second-order valence-corrected chi connectivity index (χ2v) is 9.05. The number of likely N-dealkylation sites (tertiary alicyclic amines) is 1. The lowest BCUT2D eigenvalue weighted by molar-refractivity contribution is -0.220. The second kappa shape index (κ2) is 6.49. The van der Waals surface area contributed by atoms with E-state index in [9.17, 15) is 9.59 Å². The van der Waals surface area contributed by atoms with Crippen molar-refractivity contribution in [1.29, 1.82) is 0 Å². The number of aliphatic carboxylic acids is 1. The molecule has 2 heterocycles. The van der Waals surface area contributed by atoms with E-state index in [4.69, 9.17) is 14.6 Å². The van der Waals surface area contributed by atoms with Gasteiger partial charge in [0.05, 0.1) is 5.60 Å². The maximum absolute atomic E-state index is 12.1. The van der Waals surface area contributed by atoms with Crippen LogP contribution in [0.1, 0.15) is 39.2 Å². The van der Waals surface area contributed by atoms with Crippen LogP contribution < -0.4 is 0 Å². The first-order valence-corrected chi connectivity index (χ1v) is 9.28. The maximum Gasteiger partial charge on any atom is 0.410 e. The Morgan fingerprint density at radius 3 is 2.46 bits per heavy atom. The van der Waals surface area contributed by atoms with E-state index in [2.05, 4.69) is 20.9 Å². The SMILES string of the molecule is CC(C)(C)OC(=O)N1CC2(C1)CC(OCC(=O)O)(c1ccc(Br)nc1)C2. The lowest BCUT2D eigenvalue weighted by Crippen LogP contribution is -2.68. The molecule has 3 rings (SSSR count). The Bertz CT molecular complexity index is 699. The van der Waals surface area contributed by atoms with E-state index >= 15 is 0 Å². The van der Waals surface area contributed by atoms with Crippen molar-refractivity contribution in [2.24, 2.45) is 5.41 Å². The van der Waals surface area contributed by atoms with E-state index in [1.807, 2.05) is 32.9 Å². The average molecular weight is 427 g/mol. The first-order valence-electron chi connectivity index (χ1n) is 8.48. The summed E-state index contributed by atoms with van der Waals surface area (Å²) < 4.78 is 11.9. The molecular formula is C18H23BrN2O5. The molecule has 2 aliphatic rings. The monoisotopic (exact) mass is 426 g/mol. The molecule has 26 heavy (non-hydrogen) atoms. The Morgan fingerprint density at radius 2 is 1.96 bits per heavy atom.